The highest BCUT2D eigenvalue weighted by Crippen LogP contribution is 2.16. The smallest absolute Gasteiger partial charge is 0.355 e. The summed E-state index contributed by atoms with van der Waals surface area (Å²) < 4.78 is 0. The first-order chi connectivity index (χ1) is 9.50. The van der Waals surface area contributed by atoms with Crippen LogP contribution in [0.1, 0.15) is 34.7 Å². The van der Waals surface area contributed by atoms with Gasteiger partial charge in [-0.15, -0.1) is 0 Å². The van der Waals surface area contributed by atoms with Crippen LogP contribution in [0.4, 0.5) is 0 Å². The van der Waals surface area contributed by atoms with Crippen LogP contribution in [-0.2, 0) is 0 Å². The zero-order chi connectivity index (χ0) is 14.7. The number of rotatable bonds is 4. The Kier molecular flexibility index (Phi) is 3.84. The summed E-state index contributed by atoms with van der Waals surface area (Å²) in [5, 5.41) is 9.20. The molecule has 102 valence electrons. The molecule has 0 radical (unpaired) electrons. The van der Waals surface area contributed by atoms with Crippen LogP contribution in [0.3, 0.4) is 0 Å². The summed E-state index contributed by atoms with van der Waals surface area (Å²) in [6.45, 7) is 3.39. The van der Waals surface area contributed by atoms with E-state index in [-0.39, 0.29) is 28.8 Å². The third kappa shape index (κ3) is 2.69. The maximum Gasteiger partial charge on any atom is 0.355 e. The molecule has 2 aromatic rings. The second kappa shape index (κ2) is 5.56. The highest BCUT2D eigenvalue weighted by atomic mass is 16.4. The van der Waals surface area contributed by atoms with Gasteiger partial charge in [-0.3, -0.25) is 9.78 Å². The predicted molar refractivity (Wildman–Crippen MR) is 71.4 cm³/mol. The van der Waals surface area contributed by atoms with E-state index in [4.69, 9.17) is 0 Å². The van der Waals surface area contributed by atoms with Crippen molar-refractivity contribution >= 4 is 11.8 Å². The third-order valence-corrected chi connectivity index (χ3v) is 2.68. The van der Waals surface area contributed by atoms with Crippen molar-refractivity contribution in [2.75, 3.05) is 0 Å². The predicted octanol–water partition coefficient (Wildman–Crippen LogP) is 2.08. The monoisotopic (exact) mass is 271 g/mol. The Bertz CT molecular complexity index is 654. The third-order valence-electron chi connectivity index (χ3n) is 2.68. The summed E-state index contributed by atoms with van der Waals surface area (Å²) in [6, 6.07) is 5.16. The highest BCUT2D eigenvalue weighted by Gasteiger charge is 2.22. The summed E-state index contributed by atoms with van der Waals surface area (Å²) in [5.74, 6) is -1.69. The van der Waals surface area contributed by atoms with Gasteiger partial charge in [-0.05, 0) is 12.1 Å². The van der Waals surface area contributed by atoms with Gasteiger partial charge in [-0.1, -0.05) is 19.9 Å². The standard InChI is InChI=1S/C14H13N3O3/c1-8(2)12(18)9-7-16-13(17-11(9)14(19)20)10-5-3-4-6-15-10/h3-8H,1-2H3,(H,19,20). The largest absolute Gasteiger partial charge is 0.476 e. The van der Waals surface area contributed by atoms with Crippen LogP contribution in [0.25, 0.3) is 11.5 Å². The summed E-state index contributed by atoms with van der Waals surface area (Å²) in [4.78, 5) is 35.3. The van der Waals surface area contributed by atoms with E-state index in [1.165, 1.54) is 6.20 Å². The van der Waals surface area contributed by atoms with E-state index in [2.05, 4.69) is 15.0 Å². The fourth-order valence-electron chi connectivity index (χ4n) is 1.65. The fraction of sp³-hybridized carbons (Fsp3) is 0.214. The normalized spacial score (nSPS) is 10.6. The zero-order valence-electron chi connectivity index (χ0n) is 11.1. The average molecular weight is 271 g/mol. The molecule has 0 aliphatic heterocycles. The van der Waals surface area contributed by atoms with Crippen molar-refractivity contribution in [2.45, 2.75) is 13.8 Å². The first-order valence-electron chi connectivity index (χ1n) is 6.06. The highest BCUT2D eigenvalue weighted by molar-refractivity contribution is 6.05. The molecular weight excluding hydrogens is 258 g/mol. The molecule has 0 aliphatic rings. The van der Waals surface area contributed by atoms with Crippen molar-refractivity contribution < 1.29 is 14.7 Å². The number of pyridine rings is 1. The summed E-state index contributed by atoms with van der Waals surface area (Å²) in [5.41, 5.74) is 0.185. The molecule has 0 spiro atoms. The van der Waals surface area contributed by atoms with Crippen molar-refractivity contribution in [3.63, 3.8) is 0 Å². The van der Waals surface area contributed by atoms with E-state index in [1.807, 2.05) is 0 Å². The van der Waals surface area contributed by atoms with E-state index in [0.717, 1.165) is 0 Å². The molecule has 0 bridgehead atoms. The van der Waals surface area contributed by atoms with Gasteiger partial charge in [0.1, 0.15) is 5.69 Å². The number of carboxylic acids is 1. The summed E-state index contributed by atoms with van der Waals surface area (Å²) in [6.07, 6.45) is 2.81. The van der Waals surface area contributed by atoms with Crippen LogP contribution in [0.2, 0.25) is 0 Å². The van der Waals surface area contributed by atoms with E-state index < -0.39 is 5.97 Å². The number of carboxylic acid groups (broad SMARTS) is 1. The van der Waals surface area contributed by atoms with Crippen LogP contribution in [0, 0.1) is 5.92 Å². The lowest BCUT2D eigenvalue weighted by Gasteiger charge is -2.08. The van der Waals surface area contributed by atoms with Crippen LogP contribution < -0.4 is 0 Å². The average Bonchev–Trinajstić information content (AvgIpc) is 2.46. The molecule has 6 heteroatoms. The van der Waals surface area contributed by atoms with Crippen molar-refractivity contribution in [3.05, 3.63) is 41.9 Å². The molecule has 0 amide bonds. The van der Waals surface area contributed by atoms with Crippen molar-refractivity contribution in [1.29, 1.82) is 0 Å². The lowest BCUT2D eigenvalue weighted by molar-refractivity contribution is 0.0684. The number of aromatic carboxylic acids is 1. The number of aromatic nitrogens is 3. The Morgan fingerprint density at radius 3 is 2.50 bits per heavy atom. The molecule has 2 aromatic heterocycles. The first kappa shape index (κ1) is 13.8. The van der Waals surface area contributed by atoms with Gasteiger partial charge in [0.2, 0.25) is 0 Å². The molecule has 0 saturated heterocycles. The van der Waals surface area contributed by atoms with Gasteiger partial charge in [0, 0.05) is 18.3 Å². The number of hydrogen-bond donors (Lipinski definition) is 1. The van der Waals surface area contributed by atoms with Gasteiger partial charge in [-0.2, -0.15) is 0 Å². The Hall–Kier alpha value is -2.63. The Balaban J connectivity index is 2.54. The minimum Gasteiger partial charge on any atom is -0.476 e. The Morgan fingerprint density at radius 2 is 1.95 bits per heavy atom. The molecular formula is C14H13N3O3. The molecule has 1 N–H and O–H groups in total. The number of carbonyl (C=O) groups is 2. The van der Waals surface area contributed by atoms with Crippen LogP contribution >= 0.6 is 0 Å². The maximum atomic E-state index is 12.0. The minimum atomic E-state index is -1.26. The second-order valence-electron chi connectivity index (χ2n) is 4.49. The van der Waals surface area contributed by atoms with Crippen molar-refractivity contribution in [1.82, 2.24) is 15.0 Å². The van der Waals surface area contributed by atoms with Gasteiger partial charge in [0.15, 0.2) is 17.3 Å². The lowest BCUT2D eigenvalue weighted by atomic mass is 10.0. The van der Waals surface area contributed by atoms with Crippen molar-refractivity contribution in [2.24, 2.45) is 5.92 Å². The first-order valence-corrected chi connectivity index (χ1v) is 6.06. The molecule has 0 fully saturated rings. The number of ketones is 1. The van der Waals surface area contributed by atoms with Crippen LogP contribution in [0.15, 0.2) is 30.6 Å². The van der Waals surface area contributed by atoms with Gasteiger partial charge in [-0.25, -0.2) is 14.8 Å². The molecule has 0 aliphatic carbocycles. The maximum absolute atomic E-state index is 12.0. The van der Waals surface area contributed by atoms with E-state index in [9.17, 15) is 14.7 Å². The molecule has 0 saturated carbocycles. The Morgan fingerprint density at radius 1 is 1.20 bits per heavy atom. The second-order valence-corrected chi connectivity index (χ2v) is 4.49. The fourth-order valence-corrected chi connectivity index (χ4v) is 1.65. The summed E-state index contributed by atoms with van der Waals surface area (Å²) >= 11 is 0. The number of hydrogen-bond acceptors (Lipinski definition) is 5. The van der Waals surface area contributed by atoms with Crippen LogP contribution in [-0.4, -0.2) is 31.8 Å². The van der Waals surface area contributed by atoms with Gasteiger partial charge in [0.25, 0.3) is 0 Å². The number of carbonyl (C=O) groups excluding carboxylic acids is 1. The molecule has 0 aromatic carbocycles. The minimum absolute atomic E-state index is 0.0205. The molecule has 0 atom stereocenters. The van der Waals surface area contributed by atoms with Crippen LogP contribution in [0.5, 0.6) is 0 Å². The zero-order valence-corrected chi connectivity index (χ0v) is 11.1. The van der Waals surface area contributed by atoms with Crippen molar-refractivity contribution in [3.8, 4) is 11.5 Å². The van der Waals surface area contributed by atoms with E-state index in [1.54, 1.807) is 38.2 Å². The molecule has 0 unspecified atom stereocenters. The number of nitrogens with zero attached hydrogens (tertiary/aromatic N) is 3. The Labute approximate surface area is 115 Å². The van der Waals surface area contributed by atoms with E-state index >= 15 is 0 Å². The number of Topliss-reactive ketones (excluding diaryl/α,β-unsaturated/α-hetero) is 1. The molecule has 20 heavy (non-hydrogen) atoms. The van der Waals surface area contributed by atoms with Gasteiger partial charge in [0.05, 0.1) is 5.56 Å². The molecule has 6 nitrogen and oxygen atoms in total. The van der Waals surface area contributed by atoms with Gasteiger partial charge < -0.3 is 5.11 Å². The molecule has 2 heterocycles. The molecule has 2 rings (SSSR count). The SMILES string of the molecule is CC(C)C(=O)c1cnc(-c2ccccn2)nc1C(=O)O. The quantitative estimate of drug-likeness (QED) is 0.856. The van der Waals surface area contributed by atoms with Gasteiger partial charge >= 0.3 is 5.97 Å². The van der Waals surface area contributed by atoms with E-state index in [0.29, 0.717) is 5.69 Å². The lowest BCUT2D eigenvalue weighted by Crippen LogP contribution is -2.16. The topological polar surface area (TPSA) is 93.0 Å². The summed E-state index contributed by atoms with van der Waals surface area (Å²) in [7, 11) is 0.